The Bertz CT molecular complexity index is 1650. The van der Waals surface area contributed by atoms with Crippen LogP contribution in [0.25, 0.3) is 6.08 Å². The number of thiazole rings is 1. The summed E-state index contributed by atoms with van der Waals surface area (Å²) in [6.07, 6.45) is 1.56. The fraction of sp³-hybridized carbons (Fsp3) is 0.222. The highest BCUT2D eigenvalue weighted by atomic mass is 32.1. The van der Waals surface area contributed by atoms with Crippen molar-refractivity contribution < 1.29 is 33.3 Å². The van der Waals surface area contributed by atoms with Gasteiger partial charge in [-0.25, -0.2) is 9.79 Å². The second kappa shape index (κ2) is 10.9. The van der Waals surface area contributed by atoms with Gasteiger partial charge in [0.25, 0.3) is 5.56 Å². The monoisotopic (exact) mass is 536 g/mol. The molecule has 0 spiro atoms. The van der Waals surface area contributed by atoms with Crippen LogP contribution in [0.2, 0.25) is 0 Å². The molecule has 0 unspecified atom stereocenters. The Morgan fingerprint density at radius 1 is 0.974 bits per heavy atom. The predicted octanol–water partition coefficient (Wildman–Crippen LogP) is 2.27. The van der Waals surface area contributed by atoms with Crippen LogP contribution in [-0.4, -0.2) is 36.7 Å². The summed E-state index contributed by atoms with van der Waals surface area (Å²) in [5.74, 6) is -0.796. The van der Waals surface area contributed by atoms with Crippen molar-refractivity contribution in [3.63, 3.8) is 0 Å². The number of allylic oxidation sites excluding steroid dienone is 1. The molecule has 0 amide bonds. The lowest BCUT2D eigenvalue weighted by Crippen LogP contribution is -2.39. The largest absolute Gasteiger partial charge is 0.497 e. The molecule has 0 aliphatic carbocycles. The Morgan fingerprint density at radius 2 is 1.63 bits per heavy atom. The van der Waals surface area contributed by atoms with Crippen LogP contribution in [0.3, 0.4) is 0 Å². The molecule has 2 heterocycles. The third kappa shape index (κ3) is 5.28. The number of carbonyl (C=O) groups excluding carboxylic acids is 3. The first-order valence-corrected chi connectivity index (χ1v) is 12.2. The van der Waals surface area contributed by atoms with E-state index < -0.39 is 29.5 Å². The molecule has 1 atom stereocenters. The quantitative estimate of drug-likeness (QED) is 0.347. The van der Waals surface area contributed by atoms with E-state index in [0.717, 1.165) is 11.3 Å². The number of methoxy groups -OCH3 is 2. The van der Waals surface area contributed by atoms with Crippen LogP contribution in [-0.2, 0) is 19.1 Å². The minimum absolute atomic E-state index is 0.111. The third-order valence-corrected chi connectivity index (χ3v) is 6.63. The van der Waals surface area contributed by atoms with Gasteiger partial charge in [-0.2, -0.15) is 0 Å². The number of benzene rings is 2. The summed E-state index contributed by atoms with van der Waals surface area (Å²) in [4.78, 5) is 54.5. The van der Waals surface area contributed by atoms with Crippen molar-refractivity contribution in [1.29, 1.82) is 0 Å². The van der Waals surface area contributed by atoms with Gasteiger partial charge >= 0.3 is 17.9 Å². The van der Waals surface area contributed by atoms with Gasteiger partial charge in [0.15, 0.2) is 4.80 Å². The smallest absolute Gasteiger partial charge is 0.338 e. The number of hydrogen-bond donors (Lipinski definition) is 0. The van der Waals surface area contributed by atoms with Gasteiger partial charge in [-0.05, 0) is 42.8 Å². The molecule has 0 saturated heterocycles. The zero-order valence-electron chi connectivity index (χ0n) is 21.3. The maximum absolute atomic E-state index is 13.7. The zero-order valence-corrected chi connectivity index (χ0v) is 22.1. The zero-order chi connectivity index (χ0) is 27.6. The second-order valence-electron chi connectivity index (χ2n) is 8.23. The maximum Gasteiger partial charge on any atom is 0.338 e. The lowest BCUT2D eigenvalue weighted by molar-refractivity contribution is -0.137. The average molecular weight is 537 g/mol. The molecular weight excluding hydrogens is 512 g/mol. The molecule has 0 bridgehead atoms. The van der Waals surface area contributed by atoms with Crippen LogP contribution in [0.4, 0.5) is 0 Å². The van der Waals surface area contributed by atoms with Crippen LogP contribution < -0.4 is 29.1 Å². The van der Waals surface area contributed by atoms with Crippen molar-refractivity contribution >= 4 is 35.3 Å². The van der Waals surface area contributed by atoms with Crippen LogP contribution in [0.1, 0.15) is 37.9 Å². The van der Waals surface area contributed by atoms with Gasteiger partial charge in [-0.15, -0.1) is 0 Å². The van der Waals surface area contributed by atoms with Crippen molar-refractivity contribution in [3.8, 4) is 17.2 Å². The highest BCUT2D eigenvalue weighted by Gasteiger charge is 2.33. The molecule has 2 aromatic carbocycles. The summed E-state index contributed by atoms with van der Waals surface area (Å²) in [7, 11) is 2.82. The van der Waals surface area contributed by atoms with E-state index in [2.05, 4.69) is 4.99 Å². The summed E-state index contributed by atoms with van der Waals surface area (Å²) in [5, 5.41) is 0. The molecule has 10 nitrogen and oxygen atoms in total. The first kappa shape index (κ1) is 26.6. The number of ether oxygens (including phenoxy) is 4. The number of rotatable bonds is 6. The molecule has 0 N–H and O–H groups in total. The van der Waals surface area contributed by atoms with Crippen molar-refractivity contribution in [3.05, 3.63) is 84.5 Å². The Morgan fingerprint density at radius 3 is 2.24 bits per heavy atom. The standard InChI is InChI=1S/C27H24N2O8S/c1-14-23(26(33)35-5)24(17-6-9-19(34-4)10-7-17)29-25(32)22(38-27(29)28-14)12-18-8-11-20(36-15(2)30)13-21(18)37-16(3)31/h6-13,24H,1-5H3/b22-12+/t24-/m1/s1. The number of fused-ring (bicyclic) bond motifs is 1. The molecule has 4 rings (SSSR count). The number of carbonyl (C=O) groups is 3. The van der Waals surface area contributed by atoms with Crippen molar-refractivity contribution in [2.24, 2.45) is 4.99 Å². The lowest BCUT2D eigenvalue weighted by Gasteiger charge is -2.24. The minimum atomic E-state index is -0.786. The maximum atomic E-state index is 13.7. The molecule has 0 saturated carbocycles. The van der Waals surface area contributed by atoms with Gasteiger partial charge in [-0.1, -0.05) is 23.5 Å². The van der Waals surface area contributed by atoms with Crippen molar-refractivity contribution in [1.82, 2.24) is 4.57 Å². The molecule has 11 heteroatoms. The van der Waals surface area contributed by atoms with Crippen molar-refractivity contribution in [2.75, 3.05) is 14.2 Å². The van der Waals surface area contributed by atoms with Gasteiger partial charge < -0.3 is 18.9 Å². The first-order valence-electron chi connectivity index (χ1n) is 11.4. The summed E-state index contributed by atoms with van der Waals surface area (Å²) in [5.41, 5.74) is 1.34. The fourth-order valence-corrected chi connectivity index (χ4v) is 5.08. The summed E-state index contributed by atoms with van der Waals surface area (Å²) >= 11 is 1.12. The first-order chi connectivity index (χ1) is 18.1. The summed E-state index contributed by atoms with van der Waals surface area (Å²) < 4.78 is 22.4. The second-order valence-corrected chi connectivity index (χ2v) is 9.24. The SMILES string of the molecule is COC(=O)C1=C(C)N=c2s/c(=C/c3ccc(OC(C)=O)cc3OC(C)=O)c(=O)n2[C@@H]1c1ccc(OC)cc1. The normalized spacial score (nSPS) is 14.9. The van der Waals surface area contributed by atoms with E-state index in [1.807, 2.05) is 0 Å². The number of aromatic nitrogens is 1. The summed E-state index contributed by atoms with van der Waals surface area (Å²) in [6.45, 7) is 4.18. The van der Waals surface area contributed by atoms with Gasteiger partial charge in [0.2, 0.25) is 0 Å². The van der Waals surface area contributed by atoms with Crippen molar-refractivity contribution in [2.45, 2.75) is 26.8 Å². The van der Waals surface area contributed by atoms with Crippen LogP contribution in [0, 0.1) is 0 Å². The molecule has 0 radical (unpaired) electrons. The van der Waals surface area contributed by atoms with Gasteiger partial charge in [0, 0.05) is 25.5 Å². The Kier molecular flexibility index (Phi) is 7.58. The summed E-state index contributed by atoms with van der Waals surface area (Å²) in [6, 6.07) is 10.7. The van der Waals surface area contributed by atoms with Crippen LogP contribution in [0.15, 0.2) is 63.5 Å². The van der Waals surface area contributed by atoms with E-state index in [-0.39, 0.29) is 21.6 Å². The third-order valence-electron chi connectivity index (χ3n) is 5.65. The Labute approximate surface area is 221 Å². The highest BCUT2D eigenvalue weighted by Crippen LogP contribution is 2.31. The fourth-order valence-electron chi connectivity index (χ4n) is 4.04. The molecule has 38 heavy (non-hydrogen) atoms. The van der Waals surface area contributed by atoms with Gasteiger partial charge in [-0.3, -0.25) is 19.0 Å². The highest BCUT2D eigenvalue weighted by molar-refractivity contribution is 7.07. The predicted molar refractivity (Wildman–Crippen MR) is 138 cm³/mol. The molecule has 1 aliphatic rings. The minimum Gasteiger partial charge on any atom is -0.497 e. The van der Waals surface area contributed by atoms with Crippen LogP contribution in [0.5, 0.6) is 17.2 Å². The van der Waals surface area contributed by atoms with Gasteiger partial charge in [0.05, 0.1) is 36.1 Å². The van der Waals surface area contributed by atoms with E-state index in [1.54, 1.807) is 50.4 Å². The molecular formula is C27H24N2O8S. The average Bonchev–Trinajstić information content (AvgIpc) is 3.18. The molecule has 196 valence electrons. The molecule has 3 aromatic rings. The molecule has 1 aromatic heterocycles. The van der Waals surface area contributed by atoms with E-state index >= 15 is 0 Å². The van der Waals surface area contributed by atoms with E-state index in [1.165, 1.54) is 37.7 Å². The van der Waals surface area contributed by atoms with E-state index in [9.17, 15) is 19.2 Å². The number of nitrogens with zero attached hydrogens (tertiary/aromatic N) is 2. The number of hydrogen-bond acceptors (Lipinski definition) is 10. The Hall–Kier alpha value is -4.51. The molecule has 1 aliphatic heterocycles. The van der Waals surface area contributed by atoms with Crippen LogP contribution >= 0.6 is 11.3 Å². The lowest BCUT2D eigenvalue weighted by atomic mass is 9.96. The topological polar surface area (TPSA) is 122 Å². The van der Waals surface area contributed by atoms with E-state index in [4.69, 9.17) is 18.9 Å². The van der Waals surface area contributed by atoms with E-state index in [0.29, 0.717) is 27.4 Å². The Balaban J connectivity index is 1.92. The number of esters is 3. The van der Waals surface area contributed by atoms with Gasteiger partial charge in [0.1, 0.15) is 17.2 Å². The molecule has 0 fully saturated rings.